The fourth-order valence-electron chi connectivity index (χ4n) is 2.97. The lowest BCUT2D eigenvalue weighted by atomic mass is 9.95. The van der Waals surface area contributed by atoms with Crippen LogP contribution in [0.15, 0.2) is 48.5 Å². The van der Waals surface area contributed by atoms with E-state index in [0.717, 1.165) is 19.4 Å². The Labute approximate surface area is 131 Å². The minimum atomic E-state index is -0.119. The SMILES string of the molecule is Cc1ccccc1CCNC(=O)C1Cc2ccccc2CN1. The number of aryl methyl sites for hydroxylation is 1. The molecule has 0 spiro atoms. The van der Waals surface area contributed by atoms with Crippen LogP contribution in [0.2, 0.25) is 0 Å². The standard InChI is InChI=1S/C19H22N2O/c1-14-6-2-3-7-15(14)10-11-20-19(22)18-12-16-8-4-5-9-17(16)13-21-18/h2-9,18,21H,10-13H2,1H3,(H,20,22). The predicted molar refractivity (Wildman–Crippen MR) is 88.7 cm³/mol. The maximum Gasteiger partial charge on any atom is 0.237 e. The largest absolute Gasteiger partial charge is 0.354 e. The summed E-state index contributed by atoms with van der Waals surface area (Å²) >= 11 is 0. The van der Waals surface area contributed by atoms with E-state index in [9.17, 15) is 4.79 Å². The topological polar surface area (TPSA) is 41.1 Å². The summed E-state index contributed by atoms with van der Waals surface area (Å²) in [5, 5.41) is 6.38. The highest BCUT2D eigenvalue weighted by Gasteiger charge is 2.23. The number of nitrogens with one attached hydrogen (secondary N) is 2. The third-order valence-corrected chi connectivity index (χ3v) is 4.35. The normalized spacial score (nSPS) is 16.9. The number of benzene rings is 2. The van der Waals surface area contributed by atoms with Crippen molar-refractivity contribution in [1.29, 1.82) is 0 Å². The molecule has 1 atom stereocenters. The van der Waals surface area contributed by atoms with E-state index in [2.05, 4.69) is 41.8 Å². The Kier molecular flexibility index (Phi) is 4.54. The Balaban J connectivity index is 1.52. The van der Waals surface area contributed by atoms with Crippen LogP contribution in [-0.2, 0) is 24.2 Å². The van der Waals surface area contributed by atoms with E-state index in [0.29, 0.717) is 6.54 Å². The summed E-state index contributed by atoms with van der Waals surface area (Å²) in [4.78, 5) is 12.3. The van der Waals surface area contributed by atoms with E-state index in [1.165, 1.54) is 22.3 Å². The van der Waals surface area contributed by atoms with E-state index in [1.54, 1.807) is 0 Å². The molecule has 2 aromatic rings. The lowest BCUT2D eigenvalue weighted by molar-refractivity contribution is -0.123. The number of rotatable bonds is 4. The third-order valence-electron chi connectivity index (χ3n) is 4.35. The van der Waals surface area contributed by atoms with Crippen LogP contribution in [0.1, 0.15) is 22.3 Å². The smallest absolute Gasteiger partial charge is 0.237 e. The van der Waals surface area contributed by atoms with Crippen molar-refractivity contribution in [2.24, 2.45) is 0 Å². The van der Waals surface area contributed by atoms with Gasteiger partial charge in [0.1, 0.15) is 0 Å². The van der Waals surface area contributed by atoms with Gasteiger partial charge in [0.15, 0.2) is 0 Å². The van der Waals surface area contributed by atoms with Crippen molar-refractivity contribution in [2.75, 3.05) is 6.54 Å². The van der Waals surface area contributed by atoms with Gasteiger partial charge in [-0.2, -0.15) is 0 Å². The molecule has 0 aliphatic carbocycles. The van der Waals surface area contributed by atoms with Crippen LogP contribution in [0, 0.1) is 6.92 Å². The van der Waals surface area contributed by atoms with Crippen molar-refractivity contribution in [3.63, 3.8) is 0 Å². The molecule has 22 heavy (non-hydrogen) atoms. The molecule has 0 radical (unpaired) electrons. The molecule has 0 bridgehead atoms. The van der Waals surface area contributed by atoms with Crippen molar-refractivity contribution < 1.29 is 4.79 Å². The van der Waals surface area contributed by atoms with Gasteiger partial charge >= 0.3 is 0 Å². The Hall–Kier alpha value is -2.13. The summed E-state index contributed by atoms with van der Waals surface area (Å²) in [6.07, 6.45) is 1.65. The molecule has 0 saturated heterocycles. The third kappa shape index (κ3) is 3.37. The summed E-state index contributed by atoms with van der Waals surface area (Å²) in [5.41, 5.74) is 5.15. The zero-order valence-electron chi connectivity index (χ0n) is 12.9. The van der Waals surface area contributed by atoms with Gasteiger partial charge in [0.05, 0.1) is 6.04 Å². The number of fused-ring (bicyclic) bond motifs is 1. The first-order valence-corrected chi connectivity index (χ1v) is 7.86. The Morgan fingerprint density at radius 2 is 1.86 bits per heavy atom. The highest BCUT2D eigenvalue weighted by atomic mass is 16.2. The first-order chi connectivity index (χ1) is 10.7. The fraction of sp³-hybridized carbons (Fsp3) is 0.316. The molecule has 3 rings (SSSR count). The zero-order valence-corrected chi connectivity index (χ0v) is 12.9. The van der Waals surface area contributed by atoms with E-state index >= 15 is 0 Å². The first kappa shape index (κ1) is 14.8. The van der Waals surface area contributed by atoms with Crippen LogP contribution < -0.4 is 10.6 Å². The molecular formula is C19H22N2O. The Morgan fingerprint density at radius 3 is 2.68 bits per heavy atom. The second-order valence-corrected chi connectivity index (χ2v) is 5.87. The summed E-state index contributed by atoms with van der Waals surface area (Å²) < 4.78 is 0. The first-order valence-electron chi connectivity index (χ1n) is 7.86. The van der Waals surface area contributed by atoms with E-state index in [1.807, 2.05) is 24.3 Å². The zero-order chi connectivity index (χ0) is 15.4. The van der Waals surface area contributed by atoms with E-state index < -0.39 is 0 Å². The highest BCUT2D eigenvalue weighted by molar-refractivity contribution is 5.82. The van der Waals surface area contributed by atoms with Gasteiger partial charge in [-0.1, -0.05) is 48.5 Å². The molecule has 3 heteroatoms. The molecule has 0 aromatic heterocycles. The average Bonchev–Trinajstić information content (AvgIpc) is 2.56. The van der Waals surface area contributed by atoms with E-state index in [-0.39, 0.29) is 11.9 Å². The monoisotopic (exact) mass is 294 g/mol. The van der Waals surface area contributed by atoms with Crippen LogP contribution in [-0.4, -0.2) is 18.5 Å². The van der Waals surface area contributed by atoms with Gasteiger partial charge in [0.2, 0.25) is 5.91 Å². The molecule has 1 heterocycles. The lowest BCUT2D eigenvalue weighted by Crippen LogP contribution is -2.48. The molecule has 0 fully saturated rings. The van der Waals surface area contributed by atoms with Crippen LogP contribution in [0.4, 0.5) is 0 Å². The molecule has 1 aliphatic heterocycles. The number of amides is 1. The van der Waals surface area contributed by atoms with Gasteiger partial charge in [-0.25, -0.2) is 0 Å². The van der Waals surface area contributed by atoms with Crippen LogP contribution >= 0.6 is 0 Å². The minimum Gasteiger partial charge on any atom is -0.354 e. The molecule has 2 aromatic carbocycles. The average molecular weight is 294 g/mol. The van der Waals surface area contributed by atoms with Crippen LogP contribution in [0.3, 0.4) is 0 Å². The van der Waals surface area contributed by atoms with Gasteiger partial charge in [0, 0.05) is 13.1 Å². The van der Waals surface area contributed by atoms with Crippen LogP contribution in [0.25, 0.3) is 0 Å². The Bertz CT molecular complexity index is 666. The molecule has 3 nitrogen and oxygen atoms in total. The van der Waals surface area contributed by atoms with Gasteiger partial charge in [-0.15, -0.1) is 0 Å². The second-order valence-electron chi connectivity index (χ2n) is 5.87. The van der Waals surface area contributed by atoms with Crippen molar-refractivity contribution in [3.8, 4) is 0 Å². The summed E-state index contributed by atoms with van der Waals surface area (Å²) in [5.74, 6) is 0.100. The van der Waals surface area contributed by atoms with Crippen molar-refractivity contribution in [2.45, 2.75) is 32.4 Å². The van der Waals surface area contributed by atoms with Crippen molar-refractivity contribution in [1.82, 2.24) is 10.6 Å². The van der Waals surface area contributed by atoms with Crippen molar-refractivity contribution in [3.05, 3.63) is 70.8 Å². The molecule has 1 aliphatic rings. The van der Waals surface area contributed by atoms with Gasteiger partial charge < -0.3 is 10.6 Å². The lowest BCUT2D eigenvalue weighted by Gasteiger charge is -2.25. The number of carbonyl (C=O) groups excluding carboxylic acids is 1. The summed E-state index contributed by atoms with van der Waals surface area (Å²) in [7, 11) is 0. The molecule has 2 N–H and O–H groups in total. The Morgan fingerprint density at radius 1 is 1.14 bits per heavy atom. The maximum atomic E-state index is 12.3. The molecule has 1 unspecified atom stereocenters. The van der Waals surface area contributed by atoms with E-state index in [4.69, 9.17) is 0 Å². The molecule has 114 valence electrons. The quantitative estimate of drug-likeness (QED) is 0.909. The summed E-state index contributed by atoms with van der Waals surface area (Å²) in [6, 6.07) is 16.5. The molecule has 1 amide bonds. The fourth-order valence-corrected chi connectivity index (χ4v) is 2.97. The summed E-state index contributed by atoms with van der Waals surface area (Å²) in [6.45, 7) is 3.56. The van der Waals surface area contributed by atoms with Crippen molar-refractivity contribution >= 4 is 5.91 Å². The predicted octanol–water partition coefficient (Wildman–Crippen LogP) is 2.37. The molecular weight excluding hydrogens is 272 g/mol. The maximum absolute atomic E-state index is 12.3. The molecule has 0 saturated carbocycles. The van der Waals surface area contributed by atoms with Gasteiger partial charge in [-0.05, 0) is 42.0 Å². The number of hydrogen-bond acceptors (Lipinski definition) is 2. The highest BCUT2D eigenvalue weighted by Crippen LogP contribution is 2.16. The second kappa shape index (κ2) is 6.75. The van der Waals surface area contributed by atoms with Gasteiger partial charge in [-0.3, -0.25) is 4.79 Å². The number of carbonyl (C=O) groups is 1. The van der Waals surface area contributed by atoms with Crippen LogP contribution in [0.5, 0.6) is 0 Å². The van der Waals surface area contributed by atoms with Gasteiger partial charge in [0.25, 0.3) is 0 Å². The number of hydrogen-bond donors (Lipinski definition) is 2. The minimum absolute atomic E-state index is 0.100.